The normalized spacial score (nSPS) is 20.5. The molecule has 1 aliphatic heterocycles. The van der Waals surface area contributed by atoms with Crippen molar-refractivity contribution in [3.8, 4) is 0 Å². The van der Waals surface area contributed by atoms with Gasteiger partial charge >= 0.3 is 0 Å². The number of Topliss-reactive ketones (excluding diaryl/α,β-unsaturated/α-hetero) is 1. The van der Waals surface area contributed by atoms with Gasteiger partial charge in [0.25, 0.3) is 0 Å². The summed E-state index contributed by atoms with van der Waals surface area (Å²) in [5.74, 6) is 0.105. The Bertz CT molecular complexity index is 1040. The van der Waals surface area contributed by atoms with Crippen LogP contribution in [0.5, 0.6) is 0 Å². The number of nitrogens with one attached hydrogen (secondary N) is 1. The number of carbonyl (C=O) groups excluding carboxylic acids is 3. The van der Waals surface area contributed by atoms with Crippen LogP contribution in [0.3, 0.4) is 0 Å². The van der Waals surface area contributed by atoms with Crippen LogP contribution < -0.4 is 5.32 Å². The number of likely N-dealkylation sites (N-methyl/N-ethyl adjacent to an activating group) is 1. The van der Waals surface area contributed by atoms with Crippen LogP contribution in [0.2, 0.25) is 0 Å². The lowest BCUT2D eigenvalue weighted by molar-refractivity contribution is -0.141. The third-order valence-corrected chi connectivity index (χ3v) is 8.71. The molecule has 1 aromatic heterocycles. The van der Waals surface area contributed by atoms with Crippen molar-refractivity contribution in [3.63, 3.8) is 0 Å². The van der Waals surface area contributed by atoms with E-state index in [2.05, 4.69) is 5.32 Å². The van der Waals surface area contributed by atoms with Gasteiger partial charge in [-0.2, -0.15) is 0 Å². The van der Waals surface area contributed by atoms with Gasteiger partial charge in [0.1, 0.15) is 16.5 Å². The molecule has 35 heavy (non-hydrogen) atoms. The topological polar surface area (TPSA) is 79.4 Å². The van der Waals surface area contributed by atoms with Gasteiger partial charge in [0.2, 0.25) is 11.7 Å². The van der Waals surface area contributed by atoms with E-state index >= 15 is 0 Å². The van der Waals surface area contributed by atoms with Gasteiger partial charge in [0.15, 0.2) is 0 Å². The zero-order valence-corrected chi connectivity index (χ0v) is 21.9. The number of aromatic nitrogens is 1. The number of carbonyl (C=O) groups is 3. The summed E-state index contributed by atoms with van der Waals surface area (Å²) in [6.45, 7) is 4.54. The van der Waals surface area contributed by atoms with E-state index in [1.807, 2.05) is 48.4 Å². The number of hydrogen-bond acceptors (Lipinski definition) is 6. The molecular weight excluding hydrogens is 458 g/mol. The molecule has 4 rings (SSSR count). The maximum atomic E-state index is 13.9. The van der Waals surface area contributed by atoms with E-state index in [9.17, 15) is 14.4 Å². The number of benzene rings is 1. The molecule has 1 saturated carbocycles. The summed E-state index contributed by atoms with van der Waals surface area (Å²) >= 11 is 1.46. The number of amides is 1. The fourth-order valence-electron chi connectivity index (χ4n) is 5.44. The van der Waals surface area contributed by atoms with Gasteiger partial charge in [-0.3, -0.25) is 14.4 Å². The molecule has 1 aromatic carbocycles. The van der Waals surface area contributed by atoms with Gasteiger partial charge in [-0.15, -0.1) is 11.3 Å². The second kappa shape index (κ2) is 11.6. The number of rotatable bonds is 9. The molecule has 2 heterocycles. The number of aryl methyl sites for hydroxylation is 1. The molecule has 6 nitrogen and oxygen atoms in total. The first-order valence-corrected chi connectivity index (χ1v) is 13.8. The molecule has 1 amide bonds. The number of hydrogen-bond donors (Lipinski definition) is 1. The number of thiazole rings is 1. The summed E-state index contributed by atoms with van der Waals surface area (Å²) in [5, 5.41) is 5.67. The first kappa shape index (κ1) is 25.7. The van der Waals surface area contributed by atoms with Crippen LogP contribution in [-0.4, -0.2) is 47.0 Å². The van der Waals surface area contributed by atoms with Crippen molar-refractivity contribution in [2.24, 2.45) is 11.8 Å². The summed E-state index contributed by atoms with van der Waals surface area (Å²) < 4.78 is 0. The molecule has 1 saturated heterocycles. The Hall–Kier alpha value is -2.38. The number of nitrogens with zero attached hydrogens (tertiary/aromatic N) is 2. The summed E-state index contributed by atoms with van der Waals surface area (Å²) in [6, 6.07) is 7.16. The fourth-order valence-corrected chi connectivity index (χ4v) is 6.39. The molecule has 188 valence electrons. The third kappa shape index (κ3) is 5.89. The van der Waals surface area contributed by atoms with Crippen molar-refractivity contribution in [3.05, 3.63) is 51.5 Å². The van der Waals surface area contributed by atoms with Crippen molar-refractivity contribution in [1.82, 2.24) is 15.2 Å². The van der Waals surface area contributed by atoms with Crippen LogP contribution in [0.1, 0.15) is 91.0 Å². The summed E-state index contributed by atoms with van der Waals surface area (Å²) in [7, 11) is 1.79. The van der Waals surface area contributed by atoms with Crippen LogP contribution in [0.4, 0.5) is 0 Å². The molecule has 7 heteroatoms. The van der Waals surface area contributed by atoms with E-state index in [-0.39, 0.29) is 41.4 Å². The van der Waals surface area contributed by atoms with Gasteiger partial charge in [-0.25, -0.2) is 4.98 Å². The Labute approximate surface area is 212 Å². The maximum absolute atomic E-state index is 13.9. The van der Waals surface area contributed by atoms with Crippen molar-refractivity contribution >= 4 is 28.8 Å². The lowest BCUT2D eigenvalue weighted by Gasteiger charge is -2.34. The quantitative estimate of drug-likeness (QED) is 0.489. The Balaban J connectivity index is 1.53. The average molecular weight is 496 g/mol. The molecule has 0 spiro atoms. The highest BCUT2D eigenvalue weighted by atomic mass is 32.1. The van der Waals surface area contributed by atoms with Gasteiger partial charge in [-0.05, 0) is 52.5 Å². The number of likely N-dealkylation sites (tertiary alicyclic amines) is 1. The summed E-state index contributed by atoms with van der Waals surface area (Å²) in [6.07, 6.45) is 7.55. The summed E-state index contributed by atoms with van der Waals surface area (Å²) in [4.78, 5) is 46.4. The zero-order valence-electron chi connectivity index (χ0n) is 21.1. The Morgan fingerprint density at radius 1 is 1.09 bits per heavy atom. The van der Waals surface area contributed by atoms with E-state index in [1.54, 1.807) is 7.05 Å². The first-order valence-electron chi connectivity index (χ1n) is 13.0. The van der Waals surface area contributed by atoms with Crippen LogP contribution in [-0.2, 0) is 9.59 Å². The van der Waals surface area contributed by atoms with Gasteiger partial charge in [-0.1, -0.05) is 49.1 Å². The fraction of sp³-hybridized carbons (Fsp3) is 0.571. The Kier molecular flexibility index (Phi) is 8.50. The van der Waals surface area contributed by atoms with Crippen LogP contribution in [0.25, 0.3) is 0 Å². The van der Waals surface area contributed by atoms with Crippen LogP contribution in [0.15, 0.2) is 29.6 Å². The molecule has 3 unspecified atom stereocenters. The SMILES string of the molecule is CNC(C)C(=O)CC(C(=O)N1CCCC1c1nc(C(=O)c2ccc(C)cc2)cs1)C1CCCCC1. The van der Waals surface area contributed by atoms with Crippen molar-refractivity contribution in [2.75, 3.05) is 13.6 Å². The third-order valence-electron chi connectivity index (χ3n) is 7.76. The predicted molar refractivity (Wildman–Crippen MR) is 139 cm³/mol. The van der Waals surface area contributed by atoms with Crippen LogP contribution >= 0.6 is 11.3 Å². The van der Waals surface area contributed by atoms with E-state index < -0.39 is 0 Å². The average Bonchev–Trinajstić information content (AvgIpc) is 3.56. The van der Waals surface area contributed by atoms with E-state index in [0.717, 1.165) is 49.1 Å². The summed E-state index contributed by atoms with van der Waals surface area (Å²) in [5.41, 5.74) is 2.17. The second-order valence-corrected chi connectivity index (χ2v) is 11.0. The Morgan fingerprint density at radius 2 is 1.80 bits per heavy atom. The van der Waals surface area contributed by atoms with Gasteiger partial charge < -0.3 is 10.2 Å². The van der Waals surface area contributed by atoms with Crippen molar-refractivity contribution < 1.29 is 14.4 Å². The second-order valence-electron chi connectivity index (χ2n) is 10.1. The highest BCUT2D eigenvalue weighted by molar-refractivity contribution is 7.10. The molecule has 2 aliphatic rings. The molecule has 3 atom stereocenters. The highest BCUT2D eigenvalue weighted by Gasteiger charge is 2.40. The van der Waals surface area contributed by atoms with E-state index in [1.165, 1.54) is 17.8 Å². The lowest BCUT2D eigenvalue weighted by Crippen LogP contribution is -2.42. The number of ketones is 2. The standard InChI is InChI=1S/C28H37N3O3S/c1-18-11-13-21(14-12-18)26(33)23-17-35-27(30-23)24-10-7-15-31(24)28(34)22(16-25(32)19(2)29-3)20-8-5-4-6-9-20/h11-14,17,19-20,22,24,29H,4-10,15-16H2,1-3H3. The minimum Gasteiger partial charge on any atom is -0.333 e. The molecule has 1 N–H and O–H groups in total. The first-order chi connectivity index (χ1) is 16.9. The van der Waals surface area contributed by atoms with Crippen molar-refractivity contribution in [1.29, 1.82) is 0 Å². The van der Waals surface area contributed by atoms with Gasteiger partial charge in [0.05, 0.1) is 12.1 Å². The minimum absolute atomic E-state index is 0.0879. The van der Waals surface area contributed by atoms with Crippen LogP contribution in [0, 0.1) is 18.8 Å². The molecule has 1 aliphatic carbocycles. The smallest absolute Gasteiger partial charge is 0.227 e. The molecular formula is C28H37N3O3S. The van der Waals surface area contributed by atoms with E-state index in [0.29, 0.717) is 24.2 Å². The molecule has 0 bridgehead atoms. The largest absolute Gasteiger partial charge is 0.333 e. The lowest BCUT2D eigenvalue weighted by atomic mass is 9.76. The van der Waals surface area contributed by atoms with E-state index in [4.69, 9.17) is 4.98 Å². The monoisotopic (exact) mass is 495 g/mol. The zero-order chi connectivity index (χ0) is 24.9. The van der Waals surface area contributed by atoms with Gasteiger partial charge in [0, 0.05) is 29.8 Å². The minimum atomic E-state index is -0.271. The predicted octanol–water partition coefficient (Wildman–Crippen LogP) is 5.11. The highest BCUT2D eigenvalue weighted by Crippen LogP contribution is 2.39. The maximum Gasteiger partial charge on any atom is 0.227 e. The molecule has 2 aromatic rings. The Morgan fingerprint density at radius 3 is 2.49 bits per heavy atom. The molecule has 2 fully saturated rings. The van der Waals surface area contributed by atoms with Crippen molar-refractivity contribution in [2.45, 2.75) is 77.3 Å². The molecule has 0 radical (unpaired) electrons.